The predicted octanol–water partition coefficient (Wildman–Crippen LogP) is 3.35. The summed E-state index contributed by atoms with van der Waals surface area (Å²) in [7, 11) is 0. The Morgan fingerprint density at radius 2 is 1.80 bits per heavy atom. The molecule has 1 aromatic carbocycles. The Morgan fingerprint density at radius 1 is 1.13 bits per heavy atom. The molecule has 0 atom stereocenters. The molecule has 0 amide bonds. The van der Waals surface area contributed by atoms with Gasteiger partial charge in [0.2, 0.25) is 0 Å². The fraction of sp³-hybridized carbons (Fsp3) is 0.500. The summed E-state index contributed by atoms with van der Waals surface area (Å²) < 4.78 is 0. The molecular formula is C14H20N. The maximum atomic E-state index is 4.13. The van der Waals surface area contributed by atoms with Crippen molar-refractivity contribution in [1.29, 1.82) is 0 Å². The fourth-order valence-electron chi connectivity index (χ4n) is 2.11. The Morgan fingerprint density at radius 3 is 2.40 bits per heavy atom. The van der Waals surface area contributed by atoms with Crippen molar-refractivity contribution < 1.29 is 0 Å². The van der Waals surface area contributed by atoms with E-state index >= 15 is 0 Å². The quantitative estimate of drug-likeness (QED) is 0.675. The van der Waals surface area contributed by atoms with Crippen molar-refractivity contribution in [2.45, 2.75) is 26.7 Å². The highest BCUT2D eigenvalue weighted by Crippen LogP contribution is 2.24. The summed E-state index contributed by atoms with van der Waals surface area (Å²) in [5.74, 6) is 0.660. The van der Waals surface area contributed by atoms with Crippen LogP contribution in [0.4, 0.5) is 5.69 Å². The zero-order valence-corrected chi connectivity index (χ0v) is 9.79. The third-order valence-electron chi connectivity index (χ3n) is 3.47. The summed E-state index contributed by atoms with van der Waals surface area (Å²) in [6.07, 6.45) is 2.46. The molecule has 0 aliphatic carbocycles. The monoisotopic (exact) mass is 202 g/mol. The van der Waals surface area contributed by atoms with E-state index in [1.807, 2.05) is 0 Å². The highest BCUT2D eigenvalue weighted by atomic mass is 15.1. The van der Waals surface area contributed by atoms with Crippen LogP contribution in [0.5, 0.6) is 0 Å². The van der Waals surface area contributed by atoms with Crippen LogP contribution < -0.4 is 4.90 Å². The summed E-state index contributed by atoms with van der Waals surface area (Å²) >= 11 is 0. The van der Waals surface area contributed by atoms with E-state index in [1.54, 1.807) is 0 Å². The number of anilines is 1. The first-order chi connectivity index (χ1) is 7.16. The van der Waals surface area contributed by atoms with Gasteiger partial charge in [0.15, 0.2) is 0 Å². The Balaban J connectivity index is 2.12. The Hall–Kier alpha value is -0.980. The van der Waals surface area contributed by atoms with Gasteiger partial charge in [0.05, 0.1) is 0 Å². The molecule has 1 aliphatic heterocycles. The molecular weight excluding hydrogens is 182 g/mol. The molecule has 0 aromatic heterocycles. The van der Waals surface area contributed by atoms with Gasteiger partial charge in [-0.15, -0.1) is 0 Å². The van der Waals surface area contributed by atoms with Crippen LogP contribution in [0.25, 0.3) is 0 Å². The standard InChI is InChI=1S/C14H20N/c1-11-6-8-15(9-7-11)14-5-4-12(2)13(3)10-14/h4-5,10-11H,1,6-9H2,2-3H3. The summed E-state index contributed by atoms with van der Waals surface area (Å²) in [5.41, 5.74) is 4.15. The van der Waals surface area contributed by atoms with Crippen LogP contribution in [-0.2, 0) is 0 Å². The summed E-state index contributed by atoms with van der Waals surface area (Å²) in [6, 6.07) is 6.77. The smallest absolute Gasteiger partial charge is 0.0369 e. The molecule has 1 aromatic rings. The number of piperidine rings is 1. The molecule has 0 unspecified atom stereocenters. The van der Waals surface area contributed by atoms with Crippen LogP contribution in [0.2, 0.25) is 0 Å². The van der Waals surface area contributed by atoms with Crippen molar-refractivity contribution in [3.05, 3.63) is 36.2 Å². The largest absolute Gasteiger partial charge is 0.372 e. The lowest BCUT2D eigenvalue weighted by molar-refractivity contribution is 0.476. The SMILES string of the molecule is [CH2]C1CCN(c2ccc(C)c(C)c2)CC1. The second-order valence-corrected chi connectivity index (χ2v) is 4.70. The van der Waals surface area contributed by atoms with Crippen molar-refractivity contribution in [1.82, 2.24) is 0 Å². The molecule has 81 valence electrons. The van der Waals surface area contributed by atoms with Gasteiger partial charge in [-0.2, -0.15) is 0 Å². The van der Waals surface area contributed by atoms with Crippen molar-refractivity contribution >= 4 is 5.69 Å². The Bertz CT molecular complexity index is 335. The van der Waals surface area contributed by atoms with Gasteiger partial charge in [-0.05, 0) is 55.9 Å². The second kappa shape index (κ2) is 4.26. The fourth-order valence-corrected chi connectivity index (χ4v) is 2.11. The normalized spacial score (nSPS) is 18.2. The third kappa shape index (κ3) is 2.34. The molecule has 0 bridgehead atoms. The average Bonchev–Trinajstić information content (AvgIpc) is 2.23. The van der Waals surface area contributed by atoms with Gasteiger partial charge in [0, 0.05) is 18.8 Å². The number of nitrogens with zero attached hydrogens (tertiary/aromatic N) is 1. The summed E-state index contributed by atoms with van der Waals surface area (Å²) in [4.78, 5) is 2.48. The molecule has 1 saturated heterocycles. The molecule has 1 radical (unpaired) electrons. The number of aryl methyl sites for hydroxylation is 2. The highest BCUT2D eigenvalue weighted by molar-refractivity contribution is 5.50. The van der Waals surface area contributed by atoms with Gasteiger partial charge in [-0.25, -0.2) is 0 Å². The van der Waals surface area contributed by atoms with E-state index in [0.29, 0.717) is 5.92 Å². The van der Waals surface area contributed by atoms with Gasteiger partial charge in [0.25, 0.3) is 0 Å². The van der Waals surface area contributed by atoms with E-state index in [1.165, 1.54) is 29.7 Å². The molecule has 1 fully saturated rings. The summed E-state index contributed by atoms with van der Waals surface area (Å²) in [5, 5.41) is 0. The van der Waals surface area contributed by atoms with Gasteiger partial charge < -0.3 is 4.90 Å². The van der Waals surface area contributed by atoms with Crippen molar-refractivity contribution in [3.8, 4) is 0 Å². The lowest BCUT2D eigenvalue weighted by Crippen LogP contribution is -2.32. The first-order valence-corrected chi connectivity index (χ1v) is 5.82. The van der Waals surface area contributed by atoms with E-state index in [0.717, 1.165) is 13.1 Å². The number of benzene rings is 1. The van der Waals surface area contributed by atoms with Gasteiger partial charge in [-0.1, -0.05) is 13.0 Å². The van der Waals surface area contributed by atoms with Gasteiger partial charge >= 0.3 is 0 Å². The first-order valence-electron chi connectivity index (χ1n) is 5.82. The first kappa shape index (κ1) is 10.5. The lowest BCUT2D eigenvalue weighted by atomic mass is 9.98. The lowest BCUT2D eigenvalue weighted by Gasteiger charge is -2.32. The van der Waals surface area contributed by atoms with Crippen molar-refractivity contribution in [3.63, 3.8) is 0 Å². The van der Waals surface area contributed by atoms with Crippen LogP contribution in [-0.4, -0.2) is 13.1 Å². The topological polar surface area (TPSA) is 3.24 Å². The zero-order chi connectivity index (χ0) is 10.8. The summed E-state index contributed by atoms with van der Waals surface area (Å²) in [6.45, 7) is 10.8. The van der Waals surface area contributed by atoms with Crippen LogP contribution in [0.15, 0.2) is 18.2 Å². The molecule has 1 heteroatoms. The Kier molecular flexibility index (Phi) is 2.99. The maximum absolute atomic E-state index is 4.13. The van der Waals surface area contributed by atoms with Crippen molar-refractivity contribution in [2.75, 3.05) is 18.0 Å². The number of hydrogen-bond donors (Lipinski definition) is 0. The van der Waals surface area contributed by atoms with Crippen LogP contribution in [0.1, 0.15) is 24.0 Å². The average molecular weight is 202 g/mol. The number of hydrogen-bond acceptors (Lipinski definition) is 1. The van der Waals surface area contributed by atoms with Gasteiger partial charge in [0.1, 0.15) is 0 Å². The molecule has 0 N–H and O–H groups in total. The molecule has 0 saturated carbocycles. The molecule has 15 heavy (non-hydrogen) atoms. The molecule has 1 nitrogen and oxygen atoms in total. The van der Waals surface area contributed by atoms with E-state index in [-0.39, 0.29) is 0 Å². The highest BCUT2D eigenvalue weighted by Gasteiger charge is 2.15. The Labute approximate surface area is 93.1 Å². The maximum Gasteiger partial charge on any atom is 0.0369 e. The van der Waals surface area contributed by atoms with Crippen molar-refractivity contribution in [2.24, 2.45) is 5.92 Å². The van der Waals surface area contributed by atoms with Gasteiger partial charge in [-0.3, -0.25) is 0 Å². The van der Waals surface area contributed by atoms with Crippen LogP contribution in [0.3, 0.4) is 0 Å². The van der Waals surface area contributed by atoms with E-state index in [2.05, 4.69) is 43.9 Å². The minimum Gasteiger partial charge on any atom is -0.372 e. The number of rotatable bonds is 1. The predicted molar refractivity (Wildman–Crippen MR) is 66.2 cm³/mol. The molecule has 1 aliphatic rings. The molecule has 0 spiro atoms. The van der Waals surface area contributed by atoms with Crippen LogP contribution in [0, 0.1) is 26.7 Å². The van der Waals surface area contributed by atoms with E-state index in [9.17, 15) is 0 Å². The third-order valence-corrected chi connectivity index (χ3v) is 3.47. The second-order valence-electron chi connectivity index (χ2n) is 4.70. The van der Waals surface area contributed by atoms with Crippen LogP contribution >= 0.6 is 0 Å². The molecule has 2 rings (SSSR count). The minimum absolute atomic E-state index is 0.660. The van der Waals surface area contributed by atoms with E-state index < -0.39 is 0 Å². The zero-order valence-electron chi connectivity index (χ0n) is 9.79. The molecule has 1 heterocycles. The minimum atomic E-state index is 0.660. The van der Waals surface area contributed by atoms with E-state index in [4.69, 9.17) is 0 Å².